The number of hydrogen-bond acceptors (Lipinski definition) is 4. The highest BCUT2D eigenvalue weighted by molar-refractivity contribution is 7.99. The van der Waals surface area contributed by atoms with Crippen LogP contribution in [0.25, 0.3) is 16.9 Å². The maximum absolute atomic E-state index is 4.76. The van der Waals surface area contributed by atoms with Gasteiger partial charge in [0, 0.05) is 12.1 Å². The third-order valence-electron chi connectivity index (χ3n) is 4.59. The normalized spacial score (nSPS) is 15.7. The van der Waals surface area contributed by atoms with Crippen LogP contribution in [0.3, 0.4) is 0 Å². The average Bonchev–Trinajstić information content (AvgIpc) is 3.04. The number of rotatable bonds is 4. The Hall–Kier alpha value is -2.01. The molecular formula is C19H22N4S. The largest absolute Gasteiger partial charge is 0.368 e. The van der Waals surface area contributed by atoms with E-state index in [4.69, 9.17) is 5.10 Å². The first-order valence-electron chi connectivity index (χ1n) is 8.53. The predicted molar refractivity (Wildman–Crippen MR) is 102 cm³/mol. The predicted octanol–water partition coefficient (Wildman–Crippen LogP) is 4.26. The van der Waals surface area contributed by atoms with Crippen molar-refractivity contribution in [3.8, 4) is 11.3 Å². The molecule has 2 aromatic heterocycles. The lowest BCUT2D eigenvalue weighted by molar-refractivity contribution is 0.515. The number of benzene rings is 1. The summed E-state index contributed by atoms with van der Waals surface area (Å²) in [5.74, 6) is 4.27. The standard InChI is InChI=1S/C19H22N4S/c1-14-3-2-4-16(11-14)17-13-21-19-6-5-18(22-23(17)19)20-12-15-7-9-24-10-8-15/h2-6,11,13,15H,7-10,12H2,1H3,(H,20,22). The van der Waals surface area contributed by atoms with Crippen molar-refractivity contribution in [2.75, 3.05) is 23.4 Å². The SMILES string of the molecule is Cc1cccc(-c2cnc3ccc(NCC4CCSCC4)nn23)c1. The summed E-state index contributed by atoms with van der Waals surface area (Å²) in [6.07, 6.45) is 4.51. The molecule has 4 rings (SSSR count). The molecule has 24 heavy (non-hydrogen) atoms. The summed E-state index contributed by atoms with van der Waals surface area (Å²) in [5.41, 5.74) is 4.31. The van der Waals surface area contributed by atoms with Crippen LogP contribution in [0.1, 0.15) is 18.4 Å². The number of hydrogen-bond donors (Lipinski definition) is 1. The molecular weight excluding hydrogens is 316 g/mol. The van der Waals surface area contributed by atoms with Gasteiger partial charge in [-0.2, -0.15) is 11.8 Å². The van der Waals surface area contributed by atoms with Crippen LogP contribution >= 0.6 is 11.8 Å². The molecule has 1 N–H and O–H groups in total. The second kappa shape index (κ2) is 6.85. The van der Waals surface area contributed by atoms with Crippen molar-refractivity contribution in [3.05, 3.63) is 48.2 Å². The van der Waals surface area contributed by atoms with Crippen molar-refractivity contribution in [3.63, 3.8) is 0 Å². The molecule has 4 nitrogen and oxygen atoms in total. The molecule has 0 unspecified atom stereocenters. The third-order valence-corrected chi connectivity index (χ3v) is 5.64. The van der Waals surface area contributed by atoms with Crippen LogP contribution in [0.2, 0.25) is 0 Å². The Labute approximate surface area is 146 Å². The Morgan fingerprint density at radius 3 is 2.92 bits per heavy atom. The monoisotopic (exact) mass is 338 g/mol. The molecule has 0 amide bonds. The Morgan fingerprint density at radius 2 is 2.08 bits per heavy atom. The Balaban J connectivity index is 1.58. The molecule has 1 fully saturated rings. The number of imidazole rings is 1. The number of fused-ring (bicyclic) bond motifs is 1. The molecule has 3 aromatic rings. The molecule has 3 heterocycles. The van der Waals surface area contributed by atoms with Crippen LogP contribution in [0.15, 0.2) is 42.6 Å². The van der Waals surface area contributed by atoms with Gasteiger partial charge in [0.25, 0.3) is 0 Å². The minimum atomic E-state index is 0.766. The van der Waals surface area contributed by atoms with E-state index in [0.29, 0.717) is 0 Å². The fourth-order valence-electron chi connectivity index (χ4n) is 3.17. The molecule has 0 saturated carbocycles. The van der Waals surface area contributed by atoms with Gasteiger partial charge in [-0.05, 0) is 55.4 Å². The lowest BCUT2D eigenvalue weighted by atomic mass is 10.0. The molecule has 0 radical (unpaired) electrons. The van der Waals surface area contributed by atoms with Gasteiger partial charge in [0.2, 0.25) is 0 Å². The van der Waals surface area contributed by atoms with Crippen molar-refractivity contribution in [1.82, 2.24) is 14.6 Å². The van der Waals surface area contributed by atoms with E-state index in [2.05, 4.69) is 53.3 Å². The van der Waals surface area contributed by atoms with E-state index in [1.807, 2.05) is 22.8 Å². The van der Waals surface area contributed by atoms with E-state index >= 15 is 0 Å². The molecule has 1 aromatic carbocycles. The number of nitrogens with one attached hydrogen (secondary N) is 1. The van der Waals surface area contributed by atoms with E-state index in [-0.39, 0.29) is 0 Å². The summed E-state index contributed by atoms with van der Waals surface area (Å²) in [4.78, 5) is 4.49. The van der Waals surface area contributed by atoms with E-state index in [1.54, 1.807) is 0 Å². The summed E-state index contributed by atoms with van der Waals surface area (Å²) >= 11 is 2.07. The maximum atomic E-state index is 4.76. The number of nitrogens with zero attached hydrogens (tertiary/aromatic N) is 3. The van der Waals surface area contributed by atoms with Gasteiger partial charge in [-0.25, -0.2) is 9.50 Å². The molecule has 0 bridgehead atoms. The number of anilines is 1. The molecule has 1 aliphatic heterocycles. The van der Waals surface area contributed by atoms with Crippen molar-refractivity contribution in [2.45, 2.75) is 19.8 Å². The summed E-state index contributed by atoms with van der Waals surface area (Å²) in [7, 11) is 0. The third kappa shape index (κ3) is 3.26. The molecule has 0 aliphatic carbocycles. The summed E-state index contributed by atoms with van der Waals surface area (Å²) in [5, 5.41) is 8.28. The van der Waals surface area contributed by atoms with E-state index in [1.165, 1.54) is 29.9 Å². The zero-order chi connectivity index (χ0) is 16.4. The molecule has 5 heteroatoms. The minimum Gasteiger partial charge on any atom is -0.368 e. The first kappa shape index (κ1) is 15.5. The highest BCUT2D eigenvalue weighted by atomic mass is 32.2. The van der Waals surface area contributed by atoms with Crippen molar-refractivity contribution in [1.29, 1.82) is 0 Å². The Bertz CT molecular complexity index is 836. The summed E-state index contributed by atoms with van der Waals surface area (Å²) in [6, 6.07) is 12.5. The molecule has 1 saturated heterocycles. The summed E-state index contributed by atoms with van der Waals surface area (Å²) in [6.45, 7) is 3.11. The van der Waals surface area contributed by atoms with Gasteiger partial charge in [0.15, 0.2) is 5.65 Å². The minimum absolute atomic E-state index is 0.766. The van der Waals surface area contributed by atoms with Crippen molar-refractivity contribution in [2.24, 2.45) is 5.92 Å². The molecule has 124 valence electrons. The number of aromatic nitrogens is 3. The van der Waals surface area contributed by atoms with Crippen LogP contribution in [0.5, 0.6) is 0 Å². The van der Waals surface area contributed by atoms with E-state index in [9.17, 15) is 0 Å². The first-order valence-corrected chi connectivity index (χ1v) is 9.68. The Kier molecular flexibility index (Phi) is 4.43. The molecule has 1 aliphatic rings. The van der Waals surface area contributed by atoms with Gasteiger partial charge in [-0.15, -0.1) is 5.10 Å². The first-order chi connectivity index (χ1) is 11.8. The van der Waals surface area contributed by atoms with Gasteiger partial charge >= 0.3 is 0 Å². The number of aryl methyl sites for hydroxylation is 1. The maximum Gasteiger partial charge on any atom is 0.154 e. The van der Waals surface area contributed by atoms with Crippen LogP contribution in [-0.2, 0) is 0 Å². The fourth-order valence-corrected chi connectivity index (χ4v) is 4.37. The van der Waals surface area contributed by atoms with Gasteiger partial charge in [0.1, 0.15) is 5.82 Å². The zero-order valence-electron chi connectivity index (χ0n) is 13.9. The Morgan fingerprint density at radius 1 is 1.21 bits per heavy atom. The van der Waals surface area contributed by atoms with Crippen LogP contribution in [0.4, 0.5) is 5.82 Å². The lowest BCUT2D eigenvalue weighted by Gasteiger charge is -2.21. The van der Waals surface area contributed by atoms with Gasteiger partial charge < -0.3 is 5.32 Å². The highest BCUT2D eigenvalue weighted by Crippen LogP contribution is 2.24. The van der Waals surface area contributed by atoms with Crippen LogP contribution < -0.4 is 5.32 Å². The fraction of sp³-hybridized carbons (Fsp3) is 0.368. The van der Waals surface area contributed by atoms with Gasteiger partial charge in [0.05, 0.1) is 11.9 Å². The molecule has 0 atom stereocenters. The average molecular weight is 338 g/mol. The number of thioether (sulfide) groups is 1. The van der Waals surface area contributed by atoms with Gasteiger partial charge in [-0.3, -0.25) is 0 Å². The van der Waals surface area contributed by atoms with Crippen LogP contribution in [0, 0.1) is 12.8 Å². The van der Waals surface area contributed by atoms with Crippen LogP contribution in [-0.4, -0.2) is 32.6 Å². The smallest absolute Gasteiger partial charge is 0.154 e. The van der Waals surface area contributed by atoms with Crippen molar-refractivity contribution < 1.29 is 0 Å². The molecule has 0 spiro atoms. The van der Waals surface area contributed by atoms with Gasteiger partial charge in [-0.1, -0.05) is 23.8 Å². The second-order valence-corrected chi connectivity index (χ2v) is 7.66. The highest BCUT2D eigenvalue weighted by Gasteiger charge is 2.14. The summed E-state index contributed by atoms with van der Waals surface area (Å²) < 4.78 is 1.94. The second-order valence-electron chi connectivity index (χ2n) is 6.44. The topological polar surface area (TPSA) is 42.2 Å². The van der Waals surface area contributed by atoms with E-state index < -0.39 is 0 Å². The lowest BCUT2D eigenvalue weighted by Crippen LogP contribution is -2.19. The van der Waals surface area contributed by atoms with Crippen molar-refractivity contribution >= 4 is 23.2 Å². The zero-order valence-corrected chi connectivity index (χ0v) is 14.7. The quantitative estimate of drug-likeness (QED) is 0.772. The van der Waals surface area contributed by atoms with E-state index in [0.717, 1.165) is 35.2 Å².